The average Bonchev–Trinajstić information content (AvgIpc) is 3.10. The summed E-state index contributed by atoms with van der Waals surface area (Å²) in [6.07, 6.45) is 0.940. The van der Waals surface area contributed by atoms with Crippen LogP contribution in [0.4, 0.5) is 5.69 Å². The maximum atomic E-state index is 12.3. The number of benzene rings is 2. The van der Waals surface area contributed by atoms with Gasteiger partial charge in [-0.25, -0.2) is 0 Å². The van der Waals surface area contributed by atoms with E-state index in [-0.39, 0.29) is 30.9 Å². The number of carbonyl (C=O) groups is 2. The van der Waals surface area contributed by atoms with Gasteiger partial charge in [0, 0.05) is 25.7 Å². The average molecular weight is 415 g/mol. The van der Waals surface area contributed by atoms with E-state index in [2.05, 4.69) is 27.7 Å². The monoisotopic (exact) mass is 414 g/mol. The van der Waals surface area contributed by atoms with Gasteiger partial charge in [-0.05, 0) is 31.2 Å². The van der Waals surface area contributed by atoms with Crippen molar-refractivity contribution in [1.29, 1.82) is 0 Å². The first-order chi connectivity index (χ1) is 14.0. The van der Waals surface area contributed by atoms with Crippen LogP contribution >= 0.6 is 11.6 Å². The lowest BCUT2D eigenvalue weighted by Gasteiger charge is -2.19. The van der Waals surface area contributed by atoms with Crippen molar-refractivity contribution in [2.45, 2.75) is 19.0 Å². The van der Waals surface area contributed by atoms with Gasteiger partial charge in [-0.15, -0.1) is 0 Å². The highest BCUT2D eigenvalue weighted by Gasteiger charge is 2.24. The van der Waals surface area contributed by atoms with Crippen LogP contribution in [0.2, 0.25) is 5.02 Å². The number of halogens is 1. The SMILES string of the molecule is CN(CC(=O)Nc1ccccc1Cl)CC(=O)N[C@H]1CCN(Cc2ccccc2)C1. The number of anilines is 1. The number of carbonyl (C=O) groups excluding carboxylic acids is 2. The Morgan fingerprint density at radius 1 is 1.07 bits per heavy atom. The first kappa shape index (κ1) is 21.3. The minimum absolute atomic E-state index is 0.0652. The van der Waals surface area contributed by atoms with Gasteiger partial charge < -0.3 is 10.6 Å². The summed E-state index contributed by atoms with van der Waals surface area (Å²) in [6.45, 7) is 3.00. The summed E-state index contributed by atoms with van der Waals surface area (Å²) in [5.41, 5.74) is 1.85. The van der Waals surface area contributed by atoms with Crippen molar-refractivity contribution in [2.75, 3.05) is 38.5 Å². The van der Waals surface area contributed by atoms with Gasteiger partial charge in [-0.1, -0.05) is 54.1 Å². The molecule has 29 heavy (non-hydrogen) atoms. The van der Waals surface area contributed by atoms with E-state index in [9.17, 15) is 9.59 Å². The van der Waals surface area contributed by atoms with E-state index in [1.54, 1.807) is 36.2 Å². The molecule has 0 unspecified atom stereocenters. The molecule has 2 amide bonds. The van der Waals surface area contributed by atoms with E-state index in [1.807, 2.05) is 18.2 Å². The van der Waals surface area contributed by atoms with Crippen molar-refractivity contribution in [3.05, 3.63) is 65.2 Å². The lowest BCUT2D eigenvalue weighted by molar-refractivity contribution is -0.123. The van der Waals surface area contributed by atoms with Crippen LogP contribution in [0.15, 0.2) is 54.6 Å². The van der Waals surface area contributed by atoms with E-state index in [4.69, 9.17) is 11.6 Å². The first-order valence-electron chi connectivity index (χ1n) is 9.78. The minimum Gasteiger partial charge on any atom is -0.351 e. The van der Waals surface area contributed by atoms with Crippen LogP contribution in [0.5, 0.6) is 0 Å². The lowest BCUT2D eigenvalue weighted by Crippen LogP contribution is -2.43. The van der Waals surface area contributed by atoms with Crippen LogP contribution in [0.25, 0.3) is 0 Å². The number of likely N-dealkylation sites (tertiary alicyclic amines) is 1. The Morgan fingerprint density at radius 2 is 1.76 bits per heavy atom. The molecule has 2 aromatic rings. The Kier molecular flexibility index (Phi) is 7.63. The molecule has 1 aliphatic rings. The van der Waals surface area contributed by atoms with Crippen LogP contribution in [0, 0.1) is 0 Å². The molecule has 1 fully saturated rings. The zero-order chi connectivity index (χ0) is 20.6. The predicted molar refractivity (Wildman–Crippen MR) is 116 cm³/mol. The van der Waals surface area contributed by atoms with Gasteiger partial charge in [-0.2, -0.15) is 0 Å². The largest absolute Gasteiger partial charge is 0.351 e. The molecule has 7 heteroatoms. The highest BCUT2D eigenvalue weighted by atomic mass is 35.5. The molecule has 0 saturated carbocycles. The van der Waals surface area contributed by atoms with Crippen molar-refractivity contribution in [2.24, 2.45) is 0 Å². The molecule has 6 nitrogen and oxygen atoms in total. The normalized spacial score (nSPS) is 16.7. The predicted octanol–water partition coefficient (Wildman–Crippen LogP) is 2.60. The molecular weight excluding hydrogens is 388 g/mol. The van der Waals surface area contributed by atoms with Crippen LogP contribution in [0.3, 0.4) is 0 Å². The van der Waals surface area contributed by atoms with E-state index < -0.39 is 0 Å². The van der Waals surface area contributed by atoms with Crippen LogP contribution in [0.1, 0.15) is 12.0 Å². The number of hydrogen-bond donors (Lipinski definition) is 2. The second kappa shape index (κ2) is 10.4. The maximum absolute atomic E-state index is 12.3. The molecule has 2 N–H and O–H groups in total. The fourth-order valence-electron chi connectivity index (χ4n) is 3.51. The smallest absolute Gasteiger partial charge is 0.238 e. The minimum atomic E-state index is -0.205. The van der Waals surface area contributed by atoms with Crippen molar-refractivity contribution < 1.29 is 9.59 Å². The van der Waals surface area contributed by atoms with Crippen LogP contribution < -0.4 is 10.6 Å². The lowest BCUT2D eigenvalue weighted by atomic mass is 10.2. The number of amides is 2. The molecule has 1 aliphatic heterocycles. The number of rotatable bonds is 8. The molecule has 154 valence electrons. The summed E-state index contributed by atoms with van der Waals surface area (Å²) in [7, 11) is 1.75. The fraction of sp³-hybridized carbons (Fsp3) is 0.364. The summed E-state index contributed by atoms with van der Waals surface area (Å²) in [5.74, 6) is -0.270. The van der Waals surface area contributed by atoms with Crippen LogP contribution in [-0.2, 0) is 16.1 Å². The topological polar surface area (TPSA) is 64.7 Å². The third-order valence-electron chi connectivity index (χ3n) is 4.86. The van der Waals surface area contributed by atoms with Gasteiger partial charge in [-0.3, -0.25) is 19.4 Å². The Hall–Kier alpha value is -2.41. The number of nitrogens with one attached hydrogen (secondary N) is 2. The van der Waals surface area contributed by atoms with Gasteiger partial charge in [0.2, 0.25) is 11.8 Å². The molecule has 0 aromatic heterocycles. The molecule has 0 spiro atoms. The summed E-state index contributed by atoms with van der Waals surface area (Å²) in [5, 5.41) is 6.34. The fourth-order valence-corrected chi connectivity index (χ4v) is 3.69. The van der Waals surface area contributed by atoms with E-state index >= 15 is 0 Å². The summed E-state index contributed by atoms with van der Waals surface area (Å²) >= 11 is 6.05. The summed E-state index contributed by atoms with van der Waals surface area (Å²) < 4.78 is 0. The van der Waals surface area contributed by atoms with Crippen molar-refractivity contribution >= 4 is 29.1 Å². The zero-order valence-electron chi connectivity index (χ0n) is 16.6. The molecule has 0 radical (unpaired) electrons. The Morgan fingerprint density at radius 3 is 2.52 bits per heavy atom. The van der Waals surface area contributed by atoms with E-state index in [1.165, 1.54) is 5.56 Å². The second-order valence-corrected chi connectivity index (χ2v) is 7.88. The third kappa shape index (κ3) is 6.85. The highest BCUT2D eigenvalue weighted by Crippen LogP contribution is 2.20. The van der Waals surface area contributed by atoms with Crippen LogP contribution in [-0.4, -0.2) is 60.9 Å². The Bertz CT molecular complexity index is 831. The molecule has 1 atom stereocenters. The van der Waals surface area contributed by atoms with E-state index in [0.29, 0.717) is 10.7 Å². The second-order valence-electron chi connectivity index (χ2n) is 7.47. The molecule has 0 aliphatic carbocycles. The Labute approximate surface area is 176 Å². The summed E-state index contributed by atoms with van der Waals surface area (Å²) in [4.78, 5) is 28.6. The first-order valence-corrected chi connectivity index (χ1v) is 10.2. The Balaban J connectivity index is 1.38. The molecule has 0 bridgehead atoms. The van der Waals surface area contributed by atoms with Gasteiger partial charge in [0.25, 0.3) is 0 Å². The molecule has 3 rings (SSSR count). The quantitative estimate of drug-likeness (QED) is 0.697. The van der Waals surface area contributed by atoms with Crippen molar-refractivity contribution in [3.8, 4) is 0 Å². The highest BCUT2D eigenvalue weighted by molar-refractivity contribution is 6.33. The van der Waals surface area contributed by atoms with Gasteiger partial charge in [0.05, 0.1) is 23.8 Å². The number of likely N-dealkylation sites (N-methyl/N-ethyl adjacent to an activating group) is 1. The molecule has 1 heterocycles. The van der Waals surface area contributed by atoms with Crippen molar-refractivity contribution in [3.63, 3.8) is 0 Å². The third-order valence-corrected chi connectivity index (χ3v) is 5.19. The van der Waals surface area contributed by atoms with Gasteiger partial charge >= 0.3 is 0 Å². The number of hydrogen-bond acceptors (Lipinski definition) is 4. The van der Waals surface area contributed by atoms with E-state index in [0.717, 1.165) is 26.1 Å². The van der Waals surface area contributed by atoms with Gasteiger partial charge in [0.1, 0.15) is 0 Å². The number of nitrogens with zero attached hydrogens (tertiary/aromatic N) is 2. The molecule has 1 saturated heterocycles. The summed E-state index contributed by atoms with van der Waals surface area (Å²) in [6, 6.07) is 17.6. The van der Waals surface area contributed by atoms with Crippen molar-refractivity contribution in [1.82, 2.24) is 15.1 Å². The molecule has 2 aromatic carbocycles. The molecular formula is C22H27ClN4O2. The standard InChI is InChI=1S/C22H27ClN4O2/c1-26(16-22(29)25-20-10-6-5-9-19(20)23)15-21(28)24-18-11-12-27(14-18)13-17-7-3-2-4-8-17/h2-10,18H,11-16H2,1H3,(H,24,28)(H,25,29)/t18-/m0/s1. The maximum Gasteiger partial charge on any atom is 0.238 e. The van der Waals surface area contributed by atoms with Gasteiger partial charge in [0.15, 0.2) is 0 Å². The number of para-hydroxylation sites is 1. The zero-order valence-corrected chi connectivity index (χ0v) is 17.4.